The molecule has 0 saturated heterocycles. The van der Waals surface area contributed by atoms with Gasteiger partial charge in [0.1, 0.15) is 6.42 Å². The Kier molecular flexibility index (Phi) is 3.99. The minimum absolute atomic E-state index is 0.158. The normalized spacial score (nSPS) is 9.00. The third-order valence-electron chi connectivity index (χ3n) is 1.39. The van der Waals surface area contributed by atoms with Gasteiger partial charge in [-0.15, -0.1) is 0 Å². The molecule has 14 heavy (non-hydrogen) atoms. The van der Waals surface area contributed by atoms with Gasteiger partial charge in [-0.05, 0) is 34.1 Å². The molecule has 1 N–H and O–H groups in total. The van der Waals surface area contributed by atoms with Gasteiger partial charge in [-0.1, -0.05) is 23.4 Å². The lowest BCUT2D eigenvalue weighted by atomic mass is 10.2. The molecule has 0 radical (unpaired) electrons. The van der Waals surface area contributed by atoms with Gasteiger partial charge in [0.25, 0.3) is 0 Å². The summed E-state index contributed by atoms with van der Waals surface area (Å²) in [4.78, 5) is 10.2. The Balaban J connectivity index is 2.85. The first-order valence-electron chi connectivity index (χ1n) is 3.75. The van der Waals surface area contributed by atoms with Gasteiger partial charge in [0.05, 0.1) is 0 Å². The molecule has 1 aromatic rings. The maximum Gasteiger partial charge on any atom is 0.315 e. The second-order valence-electron chi connectivity index (χ2n) is 2.50. The Bertz CT molecular complexity index is 418. The van der Waals surface area contributed by atoms with E-state index in [2.05, 4.69) is 27.8 Å². The highest BCUT2D eigenvalue weighted by Crippen LogP contribution is 2.20. The largest absolute Gasteiger partial charge is 0.481 e. The number of carbonyl (C=O) groups is 1. The monoisotopic (exact) mass is 272 g/mol. The van der Waals surface area contributed by atoms with Crippen molar-refractivity contribution in [1.29, 1.82) is 0 Å². The molecule has 1 aromatic carbocycles. The summed E-state index contributed by atoms with van der Waals surface area (Å²) < 4.78 is 0.767. The minimum atomic E-state index is -0.928. The highest BCUT2D eigenvalue weighted by molar-refractivity contribution is 9.10. The zero-order valence-corrected chi connectivity index (χ0v) is 9.39. The molecule has 0 aromatic heterocycles. The van der Waals surface area contributed by atoms with E-state index >= 15 is 0 Å². The molecule has 0 aliphatic heterocycles. The molecule has 0 aliphatic rings. The predicted octanol–water partition coefficient (Wildman–Crippen LogP) is 2.93. The molecule has 0 heterocycles. The first kappa shape index (κ1) is 11.1. The van der Waals surface area contributed by atoms with Crippen LogP contribution in [0.15, 0.2) is 22.7 Å². The summed E-state index contributed by atoms with van der Waals surface area (Å²) in [7, 11) is 0. The number of hydrogen-bond acceptors (Lipinski definition) is 1. The first-order chi connectivity index (χ1) is 6.59. The number of aliphatic carboxylic acids is 1. The van der Waals surface area contributed by atoms with Crippen molar-refractivity contribution in [2.24, 2.45) is 0 Å². The third kappa shape index (κ3) is 3.41. The highest BCUT2D eigenvalue weighted by Gasteiger charge is 1.97. The van der Waals surface area contributed by atoms with E-state index in [0.717, 1.165) is 10.0 Å². The van der Waals surface area contributed by atoms with Gasteiger partial charge in [0.2, 0.25) is 0 Å². The molecule has 0 fully saturated rings. The van der Waals surface area contributed by atoms with Gasteiger partial charge >= 0.3 is 5.97 Å². The summed E-state index contributed by atoms with van der Waals surface area (Å²) in [6, 6.07) is 5.16. The van der Waals surface area contributed by atoms with E-state index in [0.29, 0.717) is 5.02 Å². The summed E-state index contributed by atoms with van der Waals surface area (Å²) in [5.74, 6) is 4.35. The molecule has 1 rings (SSSR count). The Hall–Kier alpha value is -0.980. The standard InChI is InChI=1S/C10H6BrClO2/c11-9-6-8(12)5-4-7(9)2-1-3-10(13)14/h4-6H,3H2,(H,13,14). The van der Waals surface area contributed by atoms with Crippen LogP contribution in [0.2, 0.25) is 5.02 Å². The van der Waals surface area contributed by atoms with E-state index in [1.807, 2.05) is 0 Å². The van der Waals surface area contributed by atoms with E-state index in [9.17, 15) is 4.79 Å². The average Bonchev–Trinajstić information content (AvgIpc) is 2.08. The second kappa shape index (κ2) is 5.04. The molecular weight excluding hydrogens is 267 g/mol. The van der Waals surface area contributed by atoms with Crippen LogP contribution in [0.4, 0.5) is 0 Å². The SMILES string of the molecule is O=C(O)CC#Cc1ccc(Cl)cc1Br. The van der Waals surface area contributed by atoms with Crippen LogP contribution >= 0.6 is 27.5 Å². The molecule has 0 spiro atoms. The fraction of sp³-hybridized carbons (Fsp3) is 0.100. The van der Waals surface area contributed by atoms with Crippen LogP contribution in [-0.4, -0.2) is 11.1 Å². The zero-order chi connectivity index (χ0) is 10.6. The van der Waals surface area contributed by atoms with Crippen LogP contribution in [-0.2, 0) is 4.79 Å². The lowest BCUT2D eigenvalue weighted by molar-refractivity contribution is -0.135. The van der Waals surface area contributed by atoms with Crippen molar-refractivity contribution in [3.8, 4) is 11.8 Å². The fourth-order valence-electron chi connectivity index (χ4n) is 0.806. The Morgan fingerprint density at radius 3 is 2.86 bits per heavy atom. The van der Waals surface area contributed by atoms with Crippen LogP contribution < -0.4 is 0 Å². The molecule has 4 heteroatoms. The minimum Gasteiger partial charge on any atom is -0.481 e. The fourth-order valence-corrected chi connectivity index (χ4v) is 1.59. The van der Waals surface area contributed by atoms with E-state index in [1.165, 1.54) is 0 Å². The smallest absolute Gasteiger partial charge is 0.315 e. The van der Waals surface area contributed by atoms with Crippen molar-refractivity contribution in [3.05, 3.63) is 33.3 Å². The maximum atomic E-state index is 10.2. The summed E-state index contributed by atoms with van der Waals surface area (Å²) in [5, 5.41) is 8.98. The van der Waals surface area contributed by atoms with Gasteiger partial charge in [-0.25, -0.2) is 0 Å². The molecule has 0 saturated carbocycles. The number of carboxylic acid groups (broad SMARTS) is 1. The molecular formula is C10H6BrClO2. The van der Waals surface area contributed by atoms with Crippen molar-refractivity contribution in [2.75, 3.05) is 0 Å². The molecule has 72 valence electrons. The lowest BCUT2D eigenvalue weighted by Gasteiger charge is -1.95. The number of hydrogen-bond donors (Lipinski definition) is 1. The van der Waals surface area contributed by atoms with E-state index in [-0.39, 0.29) is 6.42 Å². The second-order valence-corrected chi connectivity index (χ2v) is 3.79. The molecule has 0 unspecified atom stereocenters. The lowest BCUT2D eigenvalue weighted by Crippen LogP contribution is -1.90. The van der Waals surface area contributed by atoms with Crippen LogP contribution in [0.1, 0.15) is 12.0 Å². The molecule has 0 bridgehead atoms. The van der Waals surface area contributed by atoms with Crippen LogP contribution in [0.5, 0.6) is 0 Å². The first-order valence-corrected chi connectivity index (χ1v) is 4.92. The van der Waals surface area contributed by atoms with E-state index in [4.69, 9.17) is 16.7 Å². The van der Waals surface area contributed by atoms with E-state index < -0.39 is 5.97 Å². The Labute approximate surface area is 95.0 Å². The van der Waals surface area contributed by atoms with Crippen molar-refractivity contribution < 1.29 is 9.90 Å². The molecule has 0 atom stereocenters. The maximum absolute atomic E-state index is 10.2. The van der Waals surface area contributed by atoms with Crippen LogP contribution in [0.25, 0.3) is 0 Å². The number of halogens is 2. The quantitative estimate of drug-likeness (QED) is 0.799. The summed E-state index contributed by atoms with van der Waals surface area (Å²) in [6.45, 7) is 0. The van der Waals surface area contributed by atoms with Gasteiger partial charge in [0, 0.05) is 15.1 Å². The predicted molar refractivity (Wildman–Crippen MR) is 58.3 cm³/mol. The summed E-state index contributed by atoms with van der Waals surface area (Å²) >= 11 is 9.01. The van der Waals surface area contributed by atoms with Crippen molar-refractivity contribution in [1.82, 2.24) is 0 Å². The topological polar surface area (TPSA) is 37.3 Å². The third-order valence-corrected chi connectivity index (χ3v) is 2.28. The van der Waals surface area contributed by atoms with Gasteiger partial charge < -0.3 is 5.11 Å². The Morgan fingerprint density at radius 1 is 1.57 bits per heavy atom. The molecule has 0 aliphatic carbocycles. The van der Waals surface area contributed by atoms with Crippen molar-refractivity contribution >= 4 is 33.5 Å². The van der Waals surface area contributed by atoms with E-state index in [1.54, 1.807) is 18.2 Å². The number of benzene rings is 1. The number of carboxylic acids is 1. The van der Waals surface area contributed by atoms with Crippen LogP contribution in [0, 0.1) is 11.8 Å². The van der Waals surface area contributed by atoms with Gasteiger partial charge in [-0.2, -0.15) is 0 Å². The Morgan fingerprint density at radius 2 is 2.29 bits per heavy atom. The summed E-state index contributed by atoms with van der Waals surface area (Å²) in [5.41, 5.74) is 0.732. The zero-order valence-electron chi connectivity index (χ0n) is 7.05. The molecule has 2 nitrogen and oxygen atoms in total. The van der Waals surface area contributed by atoms with Crippen LogP contribution in [0.3, 0.4) is 0 Å². The molecule has 0 amide bonds. The number of rotatable bonds is 1. The average molecular weight is 274 g/mol. The summed E-state index contributed by atoms with van der Waals surface area (Å²) in [6.07, 6.45) is -0.158. The van der Waals surface area contributed by atoms with Crippen molar-refractivity contribution in [3.63, 3.8) is 0 Å². The van der Waals surface area contributed by atoms with Crippen molar-refractivity contribution in [2.45, 2.75) is 6.42 Å². The van der Waals surface area contributed by atoms with Gasteiger partial charge in [0.15, 0.2) is 0 Å². The van der Waals surface area contributed by atoms with Gasteiger partial charge in [-0.3, -0.25) is 4.79 Å². The highest BCUT2D eigenvalue weighted by atomic mass is 79.9.